The number of anilines is 1. The van der Waals surface area contributed by atoms with E-state index in [1.54, 1.807) is 32.2 Å². The summed E-state index contributed by atoms with van der Waals surface area (Å²) >= 11 is 0. The number of aromatic nitrogens is 1. The van der Waals surface area contributed by atoms with Crippen LogP contribution in [0.2, 0.25) is 0 Å². The molecule has 0 spiro atoms. The number of amides is 2. The van der Waals surface area contributed by atoms with Gasteiger partial charge in [0.15, 0.2) is 11.5 Å². The summed E-state index contributed by atoms with van der Waals surface area (Å²) in [5, 5.41) is 5.14. The number of oxazole rings is 1. The number of hydrogen-bond acceptors (Lipinski definition) is 5. The van der Waals surface area contributed by atoms with Crippen molar-refractivity contribution in [3.8, 4) is 0 Å². The fourth-order valence-electron chi connectivity index (χ4n) is 2.49. The smallest absolute Gasteiger partial charge is 0.313 e. The summed E-state index contributed by atoms with van der Waals surface area (Å²) in [6, 6.07) is 12.6. The summed E-state index contributed by atoms with van der Waals surface area (Å²) in [6.45, 7) is 2.54. The zero-order chi connectivity index (χ0) is 18.5. The van der Waals surface area contributed by atoms with Gasteiger partial charge in [0.2, 0.25) is 0 Å². The molecule has 2 amide bonds. The lowest BCUT2D eigenvalue weighted by atomic mass is 10.1. The van der Waals surface area contributed by atoms with Crippen molar-refractivity contribution in [1.82, 2.24) is 10.3 Å². The molecule has 0 aliphatic rings. The summed E-state index contributed by atoms with van der Waals surface area (Å²) in [5.41, 5.74) is 3.65. The summed E-state index contributed by atoms with van der Waals surface area (Å²) in [5.74, 6) is -0.908. The van der Waals surface area contributed by atoms with E-state index < -0.39 is 11.8 Å². The number of carbonyl (C=O) groups excluding carboxylic acids is 2. The van der Waals surface area contributed by atoms with Crippen molar-refractivity contribution in [3.05, 3.63) is 59.5 Å². The average molecular weight is 353 g/mol. The van der Waals surface area contributed by atoms with Gasteiger partial charge in [0.1, 0.15) is 5.52 Å². The molecule has 0 unspecified atom stereocenters. The van der Waals surface area contributed by atoms with Gasteiger partial charge >= 0.3 is 11.8 Å². The minimum Gasteiger partial charge on any atom is -0.441 e. The SMILES string of the molecule is COCc1ccc(CNC(=O)C(=O)Nc2ccc3nc(C)oc3c2)cc1. The maximum absolute atomic E-state index is 12.0. The van der Waals surface area contributed by atoms with Gasteiger partial charge in [-0.2, -0.15) is 0 Å². The second-order valence-electron chi connectivity index (χ2n) is 5.80. The fourth-order valence-corrected chi connectivity index (χ4v) is 2.49. The number of hydrogen-bond donors (Lipinski definition) is 2. The molecule has 0 saturated carbocycles. The Morgan fingerprint density at radius 1 is 1.08 bits per heavy atom. The molecule has 0 bridgehead atoms. The largest absolute Gasteiger partial charge is 0.441 e. The van der Waals surface area contributed by atoms with Crippen LogP contribution < -0.4 is 10.6 Å². The molecule has 7 nitrogen and oxygen atoms in total. The third kappa shape index (κ3) is 4.25. The highest BCUT2D eigenvalue weighted by molar-refractivity contribution is 6.39. The standard InChI is InChI=1S/C19H19N3O4/c1-12-21-16-8-7-15(9-17(16)26-12)22-19(24)18(23)20-10-13-3-5-14(6-4-13)11-25-2/h3-9H,10-11H2,1-2H3,(H,20,23)(H,22,24). The number of aryl methyl sites for hydroxylation is 1. The van der Waals surface area contributed by atoms with E-state index in [4.69, 9.17) is 9.15 Å². The van der Waals surface area contributed by atoms with Gasteiger partial charge in [-0.25, -0.2) is 4.98 Å². The Kier molecular flexibility index (Phi) is 5.28. The highest BCUT2D eigenvalue weighted by Crippen LogP contribution is 2.19. The number of ether oxygens (including phenoxy) is 1. The second kappa shape index (κ2) is 7.79. The Morgan fingerprint density at radius 2 is 1.81 bits per heavy atom. The minimum atomic E-state index is -0.739. The molecule has 0 fully saturated rings. The molecule has 0 atom stereocenters. The highest BCUT2D eigenvalue weighted by Gasteiger charge is 2.14. The van der Waals surface area contributed by atoms with Gasteiger partial charge in [-0.05, 0) is 23.3 Å². The molecule has 134 valence electrons. The number of benzene rings is 2. The second-order valence-corrected chi connectivity index (χ2v) is 5.80. The van der Waals surface area contributed by atoms with E-state index in [1.807, 2.05) is 24.3 Å². The van der Waals surface area contributed by atoms with Gasteiger partial charge in [0, 0.05) is 32.3 Å². The van der Waals surface area contributed by atoms with Crippen LogP contribution >= 0.6 is 0 Å². The maximum atomic E-state index is 12.0. The molecule has 26 heavy (non-hydrogen) atoms. The van der Waals surface area contributed by atoms with E-state index in [0.29, 0.717) is 29.3 Å². The molecule has 0 aliphatic heterocycles. The first-order valence-corrected chi connectivity index (χ1v) is 8.08. The molecule has 2 aromatic carbocycles. The lowest BCUT2D eigenvalue weighted by Gasteiger charge is -2.07. The maximum Gasteiger partial charge on any atom is 0.313 e. The van der Waals surface area contributed by atoms with Gasteiger partial charge in [0.05, 0.1) is 6.61 Å². The quantitative estimate of drug-likeness (QED) is 0.688. The first kappa shape index (κ1) is 17.6. The van der Waals surface area contributed by atoms with Crippen molar-refractivity contribution in [2.75, 3.05) is 12.4 Å². The van der Waals surface area contributed by atoms with Crippen LogP contribution in [-0.2, 0) is 27.5 Å². The molecule has 3 rings (SSSR count). The van der Waals surface area contributed by atoms with Crippen LogP contribution in [0.1, 0.15) is 17.0 Å². The fraction of sp³-hybridized carbons (Fsp3) is 0.211. The van der Waals surface area contributed by atoms with Crippen molar-refractivity contribution < 1.29 is 18.7 Å². The number of methoxy groups -OCH3 is 1. The van der Waals surface area contributed by atoms with Gasteiger partial charge in [-0.3, -0.25) is 9.59 Å². The van der Waals surface area contributed by atoms with E-state index in [-0.39, 0.29) is 6.54 Å². The van der Waals surface area contributed by atoms with Crippen LogP contribution in [0, 0.1) is 6.92 Å². The summed E-state index contributed by atoms with van der Waals surface area (Å²) in [7, 11) is 1.63. The molecular formula is C19H19N3O4. The van der Waals surface area contributed by atoms with E-state index in [1.165, 1.54) is 0 Å². The van der Waals surface area contributed by atoms with E-state index in [0.717, 1.165) is 11.1 Å². The Hall–Kier alpha value is -3.19. The Labute approximate surface area is 150 Å². The Morgan fingerprint density at radius 3 is 2.54 bits per heavy atom. The molecule has 0 aliphatic carbocycles. The van der Waals surface area contributed by atoms with Gasteiger partial charge in [-0.15, -0.1) is 0 Å². The van der Waals surface area contributed by atoms with Crippen molar-refractivity contribution in [3.63, 3.8) is 0 Å². The molecule has 0 radical (unpaired) electrons. The first-order chi connectivity index (χ1) is 12.5. The van der Waals surface area contributed by atoms with Crippen LogP contribution in [0.3, 0.4) is 0 Å². The minimum absolute atomic E-state index is 0.264. The van der Waals surface area contributed by atoms with Gasteiger partial charge < -0.3 is 19.8 Å². The lowest BCUT2D eigenvalue weighted by Crippen LogP contribution is -2.34. The zero-order valence-electron chi connectivity index (χ0n) is 14.5. The zero-order valence-corrected chi connectivity index (χ0v) is 14.5. The topological polar surface area (TPSA) is 93.5 Å². The third-order valence-electron chi connectivity index (χ3n) is 3.75. The molecule has 0 saturated heterocycles. The first-order valence-electron chi connectivity index (χ1n) is 8.08. The molecule has 1 aromatic heterocycles. The van der Waals surface area contributed by atoms with Crippen LogP contribution in [0.4, 0.5) is 5.69 Å². The summed E-state index contributed by atoms with van der Waals surface area (Å²) in [4.78, 5) is 28.2. The predicted molar refractivity (Wildman–Crippen MR) is 96.4 cm³/mol. The van der Waals surface area contributed by atoms with Crippen LogP contribution in [0.15, 0.2) is 46.9 Å². The highest BCUT2D eigenvalue weighted by atomic mass is 16.5. The lowest BCUT2D eigenvalue weighted by molar-refractivity contribution is -0.136. The van der Waals surface area contributed by atoms with Crippen molar-refractivity contribution in [2.24, 2.45) is 0 Å². The summed E-state index contributed by atoms with van der Waals surface area (Å²) < 4.78 is 10.5. The van der Waals surface area contributed by atoms with Gasteiger partial charge in [-0.1, -0.05) is 24.3 Å². The Balaban J connectivity index is 1.55. The number of nitrogens with one attached hydrogen (secondary N) is 2. The van der Waals surface area contributed by atoms with Crippen LogP contribution in [-0.4, -0.2) is 23.9 Å². The molecule has 3 aromatic rings. The predicted octanol–water partition coefficient (Wildman–Crippen LogP) is 2.54. The van der Waals surface area contributed by atoms with Crippen LogP contribution in [0.5, 0.6) is 0 Å². The molecule has 1 heterocycles. The normalized spacial score (nSPS) is 10.7. The van der Waals surface area contributed by atoms with E-state index in [9.17, 15) is 9.59 Å². The van der Waals surface area contributed by atoms with Crippen molar-refractivity contribution in [2.45, 2.75) is 20.1 Å². The number of fused-ring (bicyclic) bond motifs is 1. The van der Waals surface area contributed by atoms with E-state index >= 15 is 0 Å². The van der Waals surface area contributed by atoms with Crippen molar-refractivity contribution in [1.29, 1.82) is 0 Å². The van der Waals surface area contributed by atoms with Crippen molar-refractivity contribution >= 4 is 28.6 Å². The number of rotatable bonds is 5. The molecular weight excluding hydrogens is 334 g/mol. The Bertz CT molecular complexity index is 932. The summed E-state index contributed by atoms with van der Waals surface area (Å²) in [6.07, 6.45) is 0. The molecule has 2 N–H and O–H groups in total. The average Bonchev–Trinajstić information content (AvgIpc) is 3.00. The van der Waals surface area contributed by atoms with E-state index in [2.05, 4.69) is 15.6 Å². The van der Waals surface area contributed by atoms with Gasteiger partial charge in [0.25, 0.3) is 0 Å². The number of carbonyl (C=O) groups is 2. The molecule has 7 heteroatoms. The number of nitrogens with zero attached hydrogens (tertiary/aromatic N) is 1. The monoisotopic (exact) mass is 353 g/mol. The third-order valence-corrected chi connectivity index (χ3v) is 3.75. The van der Waals surface area contributed by atoms with Crippen LogP contribution in [0.25, 0.3) is 11.1 Å².